The van der Waals surface area contributed by atoms with Crippen molar-refractivity contribution >= 4 is 17.7 Å². The van der Waals surface area contributed by atoms with E-state index in [4.69, 9.17) is 4.74 Å². The Hall–Kier alpha value is -1.00. The average Bonchev–Trinajstić information content (AvgIpc) is 2.52. The lowest BCUT2D eigenvalue weighted by Gasteiger charge is -2.21. The highest BCUT2D eigenvalue weighted by molar-refractivity contribution is 7.99. The summed E-state index contributed by atoms with van der Waals surface area (Å²) in [6.45, 7) is 9.01. The summed E-state index contributed by atoms with van der Waals surface area (Å²) >= 11 is 1.95. The van der Waals surface area contributed by atoms with Gasteiger partial charge < -0.3 is 10.1 Å². The molecule has 0 aliphatic carbocycles. The van der Waals surface area contributed by atoms with Gasteiger partial charge in [-0.2, -0.15) is 11.8 Å². The fourth-order valence-electron chi connectivity index (χ4n) is 2.46. The normalized spacial score (nSPS) is 16.5. The second-order valence-electron chi connectivity index (χ2n) is 6.77. The number of carbonyl (C=O) groups excluding carboxylic acids is 1. The molecule has 0 atom stereocenters. The van der Waals surface area contributed by atoms with Gasteiger partial charge in [0.1, 0.15) is 0 Å². The highest BCUT2D eigenvalue weighted by atomic mass is 32.2. The molecule has 1 N–H and O–H groups in total. The molecule has 4 heteroatoms. The lowest BCUT2D eigenvalue weighted by Crippen LogP contribution is -2.27. The summed E-state index contributed by atoms with van der Waals surface area (Å²) in [6.07, 6.45) is 2.26. The molecular formula is C18H27NO2S. The van der Waals surface area contributed by atoms with Gasteiger partial charge in [-0.25, -0.2) is 0 Å². The van der Waals surface area contributed by atoms with Crippen LogP contribution in [-0.2, 0) is 10.2 Å². The fourth-order valence-corrected chi connectivity index (χ4v) is 3.54. The molecule has 3 nitrogen and oxygen atoms in total. The van der Waals surface area contributed by atoms with Gasteiger partial charge in [-0.05, 0) is 36.0 Å². The standard InChI is InChI=1S/C18H27NO2S/c1-18(2,3)15-6-4-14(5-7-15)17(20)19-10-13-22-16-8-11-21-12-9-16/h4-7,16H,8-13H2,1-3H3,(H,19,20). The monoisotopic (exact) mass is 321 g/mol. The first-order valence-electron chi connectivity index (χ1n) is 8.05. The van der Waals surface area contributed by atoms with Crippen molar-refractivity contribution in [3.63, 3.8) is 0 Å². The van der Waals surface area contributed by atoms with E-state index in [1.54, 1.807) is 0 Å². The highest BCUT2D eigenvalue weighted by Gasteiger charge is 2.15. The number of ether oxygens (including phenoxy) is 1. The van der Waals surface area contributed by atoms with E-state index < -0.39 is 0 Å². The van der Waals surface area contributed by atoms with Crippen molar-refractivity contribution in [2.75, 3.05) is 25.5 Å². The summed E-state index contributed by atoms with van der Waals surface area (Å²) in [5.74, 6) is 0.990. The highest BCUT2D eigenvalue weighted by Crippen LogP contribution is 2.22. The molecule has 1 aromatic carbocycles. The molecule has 0 unspecified atom stereocenters. The molecular weight excluding hydrogens is 294 g/mol. The molecule has 1 aliphatic heterocycles. The Labute approximate surface area is 138 Å². The Morgan fingerprint density at radius 1 is 1.23 bits per heavy atom. The number of hydrogen-bond acceptors (Lipinski definition) is 3. The maximum absolute atomic E-state index is 12.1. The van der Waals surface area contributed by atoms with E-state index in [2.05, 4.69) is 26.1 Å². The molecule has 1 aromatic rings. The van der Waals surface area contributed by atoms with Gasteiger partial charge in [0, 0.05) is 36.3 Å². The van der Waals surface area contributed by atoms with Crippen LogP contribution in [0.5, 0.6) is 0 Å². The minimum absolute atomic E-state index is 0.0213. The van der Waals surface area contributed by atoms with Crippen LogP contribution in [0.1, 0.15) is 49.5 Å². The van der Waals surface area contributed by atoms with Crippen LogP contribution in [0, 0.1) is 0 Å². The third kappa shape index (κ3) is 5.33. The summed E-state index contributed by atoms with van der Waals surface area (Å²) in [4.78, 5) is 12.1. The third-order valence-corrected chi connectivity index (χ3v) is 5.31. The second-order valence-corrected chi connectivity index (χ2v) is 8.17. The quantitative estimate of drug-likeness (QED) is 0.842. The average molecular weight is 321 g/mol. The van der Waals surface area contributed by atoms with Crippen LogP contribution in [0.15, 0.2) is 24.3 Å². The molecule has 1 amide bonds. The number of thioether (sulfide) groups is 1. The summed E-state index contributed by atoms with van der Waals surface area (Å²) < 4.78 is 5.35. The molecule has 122 valence electrons. The number of benzene rings is 1. The van der Waals surface area contributed by atoms with Crippen LogP contribution in [-0.4, -0.2) is 36.7 Å². The predicted octanol–water partition coefficient (Wildman–Crippen LogP) is 3.63. The minimum Gasteiger partial charge on any atom is -0.381 e. The number of rotatable bonds is 5. The van der Waals surface area contributed by atoms with Gasteiger partial charge in [0.2, 0.25) is 0 Å². The van der Waals surface area contributed by atoms with Crippen LogP contribution in [0.3, 0.4) is 0 Å². The molecule has 0 bridgehead atoms. The Kier molecular flexibility index (Phi) is 6.33. The SMILES string of the molecule is CC(C)(C)c1ccc(C(=O)NCCSC2CCOCC2)cc1. The Balaban J connectivity index is 1.72. The molecule has 0 radical (unpaired) electrons. The number of carbonyl (C=O) groups is 1. The first-order valence-corrected chi connectivity index (χ1v) is 9.10. The number of amides is 1. The van der Waals surface area contributed by atoms with Crippen molar-refractivity contribution in [3.8, 4) is 0 Å². The smallest absolute Gasteiger partial charge is 0.251 e. The van der Waals surface area contributed by atoms with E-state index in [0.29, 0.717) is 5.25 Å². The van der Waals surface area contributed by atoms with Crippen molar-refractivity contribution in [2.45, 2.75) is 44.3 Å². The maximum atomic E-state index is 12.1. The van der Waals surface area contributed by atoms with Crippen LogP contribution >= 0.6 is 11.8 Å². The first-order chi connectivity index (χ1) is 10.5. The van der Waals surface area contributed by atoms with Gasteiger partial charge in [-0.1, -0.05) is 32.9 Å². The Bertz CT molecular complexity index is 473. The van der Waals surface area contributed by atoms with Gasteiger partial charge in [0.15, 0.2) is 0 Å². The molecule has 0 saturated carbocycles. The topological polar surface area (TPSA) is 38.3 Å². The molecule has 0 spiro atoms. The Morgan fingerprint density at radius 2 is 1.86 bits per heavy atom. The van der Waals surface area contributed by atoms with E-state index in [-0.39, 0.29) is 11.3 Å². The van der Waals surface area contributed by atoms with Crippen molar-refractivity contribution in [1.29, 1.82) is 0 Å². The molecule has 1 aliphatic rings. The molecule has 1 fully saturated rings. The van der Waals surface area contributed by atoms with Crippen LogP contribution in [0.25, 0.3) is 0 Å². The summed E-state index contributed by atoms with van der Waals surface area (Å²) in [7, 11) is 0. The lowest BCUT2D eigenvalue weighted by molar-refractivity contribution is 0.0955. The predicted molar refractivity (Wildman–Crippen MR) is 93.8 cm³/mol. The lowest BCUT2D eigenvalue weighted by atomic mass is 9.87. The molecule has 22 heavy (non-hydrogen) atoms. The second kappa shape index (κ2) is 8.02. The van der Waals surface area contributed by atoms with Crippen molar-refractivity contribution in [3.05, 3.63) is 35.4 Å². The van der Waals surface area contributed by atoms with Crippen LogP contribution < -0.4 is 5.32 Å². The van der Waals surface area contributed by atoms with E-state index in [0.717, 1.165) is 43.9 Å². The summed E-state index contributed by atoms with van der Waals surface area (Å²) in [5.41, 5.74) is 2.11. The third-order valence-electron chi connectivity index (χ3n) is 3.92. The zero-order valence-corrected chi connectivity index (χ0v) is 14.7. The number of nitrogens with one attached hydrogen (secondary N) is 1. The van der Waals surface area contributed by atoms with Crippen LogP contribution in [0.4, 0.5) is 0 Å². The molecule has 1 saturated heterocycles. The molecule has 1 heterocycles. The maximum Gasteiger partial charge on any atom is 0.251 e. The van der Waals surface area contributed by atoms with Gasteiger partial charge >= 0.3 is 0 Å². The Morgan fingerprint density at radius 3 is 2.45 bits per heavy atom. The van der Waals surface area contributed by atoms with E-state index in [1.165, 1.54) is 5.56 Å². The van der Waals surface area contributed by atoms with E-state index >= 15 is 0 Å². The largest absolute Gasteiger partial charge is 0.381 e. The van der Waals surface area contributed by atoms with Gasteiger partial charge in [-0.3, -0.25) is 4.79 Å². The molecule has 2 rings (SSSR count). The number of hydrogen-bond donors (Lipinski definition) is 1. The van der Waals surface area contributed by atoms with Gasteiger partial charge in [-0.15, -0.1) is 0 Å². The van der Waals surface area contributed by atoms with E-state index in [1.807, 2.05) is 36.0 Å². The molecule has 0 aromatic heterocycles. The van der Waals surface area contributed by atoms with Gasteiger partial charge in [0.25, 0.3) is 5.91 Å². The zero-order valence-electron chi connectivity index (χ0n) is 13.9. The summed E-state index contributed by atoms with van der Waals surface area (Å²) in [5, 5.41) is 3.70. The van der Waals surface area contributed by atoms with Crippen molar-refractivity contribution in [1.82, 2.24) is 5.32 Å². The van der Waals surface area contributed by atoms with Crippen molar-refractivity contribution < 1.29 is 9.53 Å². The first kappa shape index (κ1) is 17.4. The minimum atomic E-state index is 0.0213. The van der Waals surface area contributed by atoms with E-state index in [9.17, 15) is 4.79 Å². The zero-order chi connectivity index (χ0) is 16.0. The fraction of sp³-hybridized carbons (Fsp3) is 0.611. The van der Waals surface area contributed by atoms with Crippen LogP contribution in [0.2, 0.25) is 0 Å². The van der Waals surface area contributed by atoms with Crippen molar-refractivity contribution in [2.24, 2.45) is 0 Å². The van der Waals surface area contributed by atoms with Gasteiger partial charge in [0.05, 0.1) is 0 Å². The summed E-state index contributed by atoms with van der Waals surface area (Å²) in [6, 6.07) is 7.93.